The Labute approximate surface area is 110 Å². The molecule has 0 bridgehead atoms. The highest BCUT2D eigenvalue weighted by Gasteiger charge is 2.29. The molecule has 1 unspecified atom stereocenters. The quantitative estimate of drug-likeness (QED) is 0.831. The van der Waals surface area contributed by atoms with E-state index in [9.17, 15) is 14.0 Å². The van der Waals surface area contributed by atoms with Crippen molar-refractivity contribution in [2.75, 3.05) is 0 Å². The molecule has 1 aromatic rings. The Bertz CT molecular complexity index is 468. The molecule has 5 heteroatoms. The minimum Gasteiger partial charge on any atom is -0.465 e. The molecule has 4 nitrogen and oxygen atoms in total. The first kappa shape index (κ1) is 13.5. The molecule has 1 saturated carbocycles. The van der Waals surface area contributed by atoms with Gasteiger partial charge in [0.05, 0.1) is 6.04 Å². The van der Waals surface area contributed by atoms with Crippen LogP contribution < -0.4 is 5.32 Å². The molecule has 1 aromatic carbocycles. The predicted octanol–water partition coefficient (Wildman–Crippen LogP) is 2.89. The van der Waals surface area contributed by atoms with Crippen LogP contribution in [0.15, 0.2) is 24.3 Å². The Kier molecular flexibility index (Phi) is 4.14. The molecule has 0 radical (unpaired) electrons. The van der Waals surface area contributed by atoms with Crippen LogP contribution in [0.5, 0.6) is 0 Å². The lowest BCUT2D eigenvalue weighted by molar-refractivity contribution is -0.120. The van der Waals surface area contributed by atoms with Gasteiger partial charge < -0.3 is 10.4 Å². The van der Waals surface area contributed by atoms with Gasteiger partial charge in [-0.2, -0.15) is 0 Å². The Morgan fingerprint density at radius 3 is 2.47 bits per heavy atom. The van der Waals surface area contributed by atoms with E-state index in [1.165, 1.54) is 24.3 Å². The second-order valence-electron chi connectivity index (χ2n) is 4.83. The topological polar surface area (TPSA) is 66.4 Å². The van der Waals surface area contributed by atoms with Gasteiger partial charge in [0.2, 0.25) is 0 Å². The number of hydrogen-bond donors (Lipinski definition) is 2. The summed E-state index contributed by atoms with van der Waals surface area (Å²) in [6.45, 7) is 0. The third-order valence-corrected chi connectivity index (χ3v) is 3.28. The number of carbonyl (C=O) groups excluding carboxylic acids is 1. The number of ketones is 1. The minimum atomic E-state index is -1.15. The van der Waals surface area contributed by atoms with Crippen LogP contribution in [0.3, 0.4) is 0 Å². The van der Waals surface area contributed by atoms with Crippen LogP contribution in [0.25, 0.3) is 0 Å². The van der Waals surface area contributed by atoms with Gasteiger partial charge in [-0.3, -0.25) is 4.79 Å². The molecule has 1 aliphatic carbocycles. The normalized spacial score (nSPS) is 15.8. The highest BCUT2D eigenvalue weighted by Crippen LogP contribution is 2.32. The number of rotatable bonds is 6. The first-order valence-corrected chi connectivity index (χ1v) is 6.34. The Balaban J connectivity index is 1.99. The van der Waals surface area contributed by atoms with Crippen LogP contribution >= 0.6 is 0 Å². The number of amides is 1. The summed E-state index contributed by atoms with van der Waals surface area (Å²) in [5.41, 5.74) is 0.674. The van der Waals surface area contributed by atoms with E-state index in [2.05, 4.69) is 5.32 Å². The maximum Gasteiger partial charge on any atom is 0.405 e. The fraction of sp³-hybridized carbons (Fsp3) is 0.429. The molecule has 0 spiro atoms. The van der Waals surface area contributed by atoms with Crippen molar-refractivity contribution in [3.05, 3.63) is 35.6 Å². The standard InChI is InChI=1S/C14H16FNO3/c15-11-5-3-9(4-6-11)12(16-14(18)19)7-8-13(17)10-1-2-10/h3-6,10,12,16H,1-2,7-8H2,(H,18,19). The number of halogens is 1. The van der Waals surface area contributed by atoms with E-state index >= 15 is 0 Å². The smallest absolute Gasteiger partial charge is 0.405 e. The van der Waals surface area contributed by atoms with Crippen molar-refractivity contribution < 1.29 is 19.1 Å². The maximum atomic E-state index is 12.8. The molecule has 1 amide bonds. The number of nitrogens with one attached hydrogen (secondary N) is 1. The third-order valence-electron chi connectivity index (χ3n) is 3.28. The maximum absolute atomic E-state index is 12.8. The number of Topliss-reactive ketones (excluding diaryl/α,β-unsaturated/α-hetero) is 1. The highest BCUT2D eigenvalue weighted by atomic mass is 19.1. The molecule has 0 saturated heterocycles. The molecular formula is C14H16FNO3. The molecule has 2 N–H and O–H groups in total. The Hall–Kier alpha value is -1.91. The summed E-state index contributed by atoms with van der Waals surface area (Å²) in [5.74, 6) is 0.00452. The van der Waals surface area contributed by atoms with Crippen LogP contribution in [-0.2, 0) is 4.79 Å². The summed E-state index contributed by atoms with van der Waals surface area (Å²) in [5, 5.41) is 11.2. The van der Waals surface area contributed by atoms with E-state index in [4.69, 9.17) is 5.11 Å². The van der Waals surface area contributed by atoms with Crippen molar-refractivity contribution in [3.63, 3.8) is 0 Å². The number of carboxylic acid groups (broad SMARTS) is 1. The third kappa shape index (κ3) is 4.05. The van der Waals surface area contributed by atoms with Gasteiger partial charge in [-0.15, -0.1) is 0 Å². The molecule has 102 valence electrons. The van der Waals surface area contributed by atoms with Crippen LogP contribution in [0.2, 0.25) is 0 Å². The van der Waals surface area contributed by atoms with Crippen LogP contribution in [0.1, 0.15) is 37.3 Å². The van der Waals surface area contributed by atoms with Crippen LogP contribution in [0.4, 0.5) is 9.18 Å². The minimum absolute atomic E-state index is 0.179. The van der Waals surface area contributed by atoms with Gasteiger partial charge in [0.15, 0.2) is 0 Å². The van der Waals surface area contributed by atoms with Crippen molar-refractivity contribution in [2.24, 2.45) is 5.92 Å². The average molecular weight is 265 g/mol. The lowest BCUT2D eigenvalue weighted by atomic mass is 9.99. The summed E-state index contributed by atoms with van der Waals surface area (Å²) >= 11 is 0. The van der Waals surface area contributed by atoms with E-state index in [-0.39, 0.29) is 17.5 Å². The van der Waals surface area contributed by atoms with E-state index in [1.807, 2.05) is 0 Å². The SMILES string of the molecule is O=C(O)NC(CCC(=O)C1CC1)c1ccc(F)cc1. The molecule has 19 heavy (non-hydrogen) atoms. The monoisotopic (exact) mass is 265 g/mol. The molecule has 0 aromatic heterocycles. The van der Waals surface area contributed by atoms with Crippen molar-refractivity contribution in [1.82, 2.24) is 5.32 Å². The zero-order valence-electron chi connectivity index (χ0n) is 10.4. The molecular weight excluding hydrogens is 249 g/mol. The predicted molar refractivity (Wildman–Crippen MR) is 67.3 cm³/mol. The molecule has 2 rings (SSSR count). The van der Waals surface area contributed by atoms with Crippen LogP contribution in [0, 0.1) is 11.7 Å². The summed E-state index contributed by atoms with van der Waals surface area (Å²) in [7, 11) is 0. The molecule has 1 fully saturated rings. The van der Waals surface area contributed by atoms with Crippen LogP contribution in [-0.4, -0.2) is 17.0 Å². The lowest BCUT2D eigenvalue weighted by Gasteiger charge is -2.17. The Morgan fingerprint density at radius 1 is 1.32 bits per heavy atom. The number of hydrogen-bond acceptors (Lipinski definition) is 2. The first-order chi connectivity index (χ1) is 9.06. The fourth-order valence-electron chi connectivity index (χ4n) is 2.06. The lowest BCUT2D eigenvalue weighted by Crippen LogP contribution is -2.27. The van der Waals surface area contributed by atoms with E-state index in [0.717, 1.165) is 12.8 Å². The van der Waals surface area contributed by atoms with Gasteiger partial charge in [-0.1, -0.05) is 12.1 Å². The van der Waals surface area contributed by atoms with Crippen molar-refractivity contribution >= 4 is 11.9 Å². The van der Waals surface area contributed by atoms with Gasteiger partial charge in [-0.05, 0) is 37.0 Å². The Morgan fingerprint density at radius 2 is 1.95 bits per heavy atom. The number of benzene rings is 1. The van der Waals surface area contributed by atoms with Gasteiger partial charge in [0, 0.05) is 12.3 Å². The van der Waals surface area contributed by atoms with E-state index in [1.54, 1.807) is 0 Å². The number of carbonyl (C=O) groups is 2. The van der Waals surface area contributed by atoms with Crippen molar-refractivity contribution in [2.45, 2.75) is 31.7 Å². The largest absolute Gasteiger partial charge is 0.465 e. The van der Waals surface area contributed by atoms with Gasteiger partial charge in [0.25, 0.3) is 0 Å². The second-order valence-corrected chi connectivity index (χ2v) is 4.83. The molecule has 1 atom stereocenters. The van der Waals surface area contributed by atoms with Crippen molar-refractivity contribution in [1.29, 1.82) is 0 Å². The van der Waals surface area contributed by atoms with E-state index in [0.29, 0.717) is 18.4 Å². The van der Waals surface area contributed by atoms with Gasteiger partial charge >= 0.3 is 6.09 Å². The summed E-state index contributed by atoms with van der Waals surface area (Å²) < 4.78 is 12.8. The van der Waals surface area contributed by atoms with Crippen molar-refractivity contribution in [3.8, 4) is 0 Å². The zero-order chi connectivity index (χ0) is 13.8. The second kappa shape index (κ2) is 5.82. The van der Waals surface area contributed by atoms with Gasteiger partial charge in [-0.25, -0.2) is 9.18 Å². The fourth-order valence-corrected chi connectivity index (χ4v) is 2.06. The average Bonchev–Trinajstić information content (AvgIpc) is 3.19. The summed E-state index contributed by atoms with van der Waals surface area (Å²) in [6, 6.07) is 5.18. The first-order valence-electron chi connectivity index (χ1n) is 6.34. The highest BCUT2D eigenvalue weighted by molar-refractivity contribution is 5.83. The van der Waals surface area contributed by atoms with Gasteiger partial charge in [0.1, 0.15) is 11.6 Å². The zero-order valence-corrected chi connectivity index (χ0v) is 10.4. The summed E-state index contributed by atoms with van der Waals surface area (Å²) in [6.07, 6.45) is 1.52. The molecule has 0 heterocycles. The van der Waals surface area contributed by atoms with E-state index < -0.39 is 12.1 Å². The molecule has 1 aliphatic rings. The summed E-state index contributed by atoms with van der Waals surface area (Å²) in [4.78, 5) is 22.4. The molecule has 0 aliphatic heterocycles.